The van der Waals surface area contributed by atoms with Crippen molar-refractivity contribution in [3.8, 4) is 5.75 Å². The molecule has 3 aliphatic rings. The maximum absolute atomic E-state index is 13.0. The number of carbonyl (C=O) groups excluding carboxylic acids is 2. The highest BCUT2D eigenvalue weighted by Gasteiger charge is 2.35. The van der Waals surface area contributed by atoms with Gasteiger partial charge in [-0.3, -0.25) is 9.59 Å². The molecule has 3 aliphatic heterocycles. The number of aryl methyl sites for hydroxylation is 1. The number of carbonyl (C=O) groups is 2. The number of hydrogen-bond acceptors (Lipinski definition) is 9. The van der Waals surface area contributed by atoms with E-state index in [-0.39, 0.29) is 23.7 Å². The third kappa shape index (κ3) is 5.62. The number of primary amides is 1. The second-order valence-electron chi connectivity index (χ2n) is 10.5. The number of piperazine rings is 1. The van der Waals surface area contributed by atoms with Gasteiger partial charge in [-0.15, -0.1) is 0 Å². The third-order valence-electron chi connectivity index (χ3n) is 7.85. The van der Waals surface area contributed by atoms with Crippen LogP contribution < -0.4 is 26.0 Å². The normalized spacial score (nSPS) is 18.6. The fourth-order valence-corrected chi connectivity index (χ4v) is 5.66. The van der Waals surface area contributed by atoms with Crippen LogP contribution in [0.25, 0.3) is 0 Å². The summed E-state index contributed by atoms with van der Waals surface area (Å²) in [5.41, 5.74) is 8.87. The Bertz CT molecular complexity index is 1430. The van der Waals surface area contributed by atoms with Crippen LogP contribution >= 0.6 is 0 Å². The maximum Gasteiger partial charge on any atom is 0.271 e. The van der Waals surface area contributed by atoms with Crippen molar-refractivity contribution >= 4 is 34.8 Å². The first-order valence-corrected chi connectivity index (χ1v) is 14.2. The number of nitrogens with zero attached hydrogens (tertiary/aromatic N) is 4. The molecule has 1 aromatic heterocycles. The molecular formula is C30H35N7O4. The van der Waals surface area contributed by atoms with Gasteiger partial charge >= 0.3 is 0 Å². The number of amides is 2. The van der Waals surface area contributed by atoms with E-state index in [1.807, 2.05) is 60.4 Å². The fraction of sp³-hybridized carbons (Fsp3) is 0.400. The highest BCUT2D eigenvalue weighted by molar-refractivity contribution is 5.97. The molecule has 11 nitrogen and oxygen atoms in total. The summed E-state index contributed by atoms with van der Waals surface area (Å²) in [6.45, 7) is 5.78. The van der Waals surface area contributed by atoms with Crippen molar-refractivity contribution in [1.29, 1.82) is 0 Å². The quantitative estimate of drug-likeness (QED) is 0.400. The van der Waals surface area contributed by atoms with Crippen molar-refractivity contribution in [2.75, 3.05) is 55.0 Å². The van der Waals surface area contributed by atoms with Gasteiger partial charge in [-0.1, -0.05) is 25.1 Å². The molecule has 2 aromatic carbocycles. The van der Waals surface area contributed by atoms with Crippen molar-refractivity contribution in [3.05, 3.63) is 65.5 Å². The SMILES string of the molecule is CCc1nc(C(N)=O)c(Nc2ccc3c(c2)OCC2CN(C(=O)c4ccccc4)CCN32)nc1NC1CCOCC1. The van der Waals surface area contributed by atoms with Gasteiger partial charge in [0.1, 0.15) is 12.4 Å². The van der Waals surface area contributed by atoms with Crippen LogP contribution in [-0.2, 0) is 11.2 Å². The summed E-state index contributed by atoms with van der Waals surface area (Å²) < 4.78 is 11.6. The molecule has 11 heteroatoms. The third-order valence-corrected chi connectivity index (χ3v) is 7.85. The first kappa shape index (κ1) is 26.8. The van der Waals surface area contributed by atoms with E-state index in [9.17, 15) is 9.59 Å². The molecule has 0 radical (unpaired) electrons. The van der Waals surface area contributed by atoms with Crippen LogP contribution in [0.5, 0.6) is 5.75 Å². The first-order chi connectivity index (χ1) is 20.0. The highest BCUT2D eigenvalue weighted by Crippen LogP contribution is 2.38. The molecule has 1 unspecified atom stereocenters. The van der Waals surface area contributed by atoms with Gasteiger partial charge < -0.3 is 35.6 Å². The molecule has 3 aromatic rings. The Kier molecular flexibility index (Phi) is 7.60. The minimum Gasteiger partial charge on any atom is -0.489 e. The molecule has 6 rings (SSSR count). The second kappa shape index (κ2) is 11.6. The monoisotopic (exact) mass is 557 g/mol. The highest BCUT2D eigenvalue weighted by atomic mass is 16.5. The van der Waals surface area contributed by atoms with Crippen LogP contribution in [-0.4, -0.2) is 78.2 Å². The largest absolute Gasteiger partial charge is 0.489 e. The van der Waals surface area contributed by atoms with Gasteiger partial charge in [0.25, 0.3) is 11.8 Å². The zero-order chi connectivity index (χ0) is 28.3. The van der Waals surface area contributed by atoms with E-state index in [1.165, 1.54) is 0 Å². The van der Waals surface area contributed by atoms with E-state index >= 15 is 0 Å². The Morgan fingerprint density at radius 3 is 2.61 bits per heavy atom. The molecule has 4 N–H and O–H groups in total. The lowest BCUT2D eigenvalue weighted by Crippen LogP contribution is -2.58. The van der Waals surface area contributed by atoms with Crippen LogP contribution in [0.1, 0.15) is 46.3 Å². The van der Waals surface area contributed by atoms with Crippen LogP contribution in [0.4, 0.5) is 23.0 Å². The van der Waals surface area contributed by atoms with Crippen molar-refractivity contribution in [2.24, 2.45) is 5.73 Å². The topological polar surface area (TPSA) is 135 Å². The number of anilines is 4. The molecular weight excluding hydrogens is 522 g/mol. The van der Waals surface area contributed by atoms with Gasteiger partial charge in [-0.05, 0) is 43.5 Å². The molecule has 0 bridgehead atoms. The number of benzene rings is 2. The van der Waals surface area contributed by atoms with Crippen molar-refractivity contribution in [3.63, 3.8) is 0 Å². The number of hydrogen-bond donors (Lipinski definition) is 3. The van der Waals surface area contributed by atoms with Gasteiger partial charge in [-0.25, -0.2) is 9.97 Å². The van der Waals surface area contributed by atoms with Gasteiger partial charge in [0.2, 0.25) is 0 Å². The Morgan fingerprint density at radius 1 is 1.05 bits per heavy atom. The maximum atomic E-state index is 13.0. The van der Waals surface area contributed by atoms with Crippen molar-refractivity contribution < 1.29 is 19.1 Å². The molecule has 214 valence electrons. The van der Waals surface area contributed by atoms with Crippen molar-refractivity contribution in [2.45, 2.75) is 38.3 Å². The summed E-state index contributed by atoms with van der Waals surface area (Å²) in [6, 6.07) is 15.5. The van der Waals surface area contributed by atoms with E-state index in [0.717, 1.165) is 24.3 Å². The lowest BCUT2D eigenvalue weighted by molar-refractivity contribution is 0.0696. The lowest BCUT2D eigenvalue weighted by atomic mass is 10.1. The average molecular weight is 558 g/mol. The average Bonchev–Trinajstić information content (AvgIpc) is 3.01. The van der Waals surface area contributed by atoms with E-state index in [2.05, 4.69) is 20.5 Å². The van der Waals surface area contributed by atoms with Gasteiger partial charge in [-0.2, -0.15) is 0 Å². The van der Waals surface area contributed by atoms with Crippen LogP contribution in [0, 0.1) is 0 Å². The van der Waals surface area contributed by atoms with Crippen LogP contribution in [0.2, 0.25) is 0 Å². The first-order valence-electron chi connectivity index (χ1n) is 14.2. The molecule has 0 spiro atoms. The van der Waals surface area contributed by atoms with Gasteiger partial charge in [0, 0.05) is 56.2 Å². The number of rotatable bonds is 7. The molecule has 0 aliphatic carbocycles. The lowest BCUT2D eigenvalue weighted by Gasteiger charge is -2.45. The Balaban J connectivity index is 1.20. The molecule has 2 amide bonds. The summed E-state index contributed by atoms with van der Waals surface area (Å²) in [6.07, 6.45) is 2.36. The summed E-state index contributed by atoms with van der Waals surface area (Å²) in [5.74, 6) is 1.07. The van der Waals surface area contributed by atoms with Crippen LogP contribution in [0.15, 0.2) is 48.5 Å². The minimum absolute atomic E-state index is 0.0433. The summed E-state index contributed by atoms with van der Waals surface area (Å²) in [5, 5.41) is 6.75. The predicted molar refractivity (Wildman–Crippen MR) is 156 cm³/mol. The Hall–Kier alpha value is -4.38. The number of nitrogens with two attached hydrogens (primary N) is 1. The van der Waals surface area contributed by atoms with E-state index in [1.54, 1.807) is 0 Å². The minimum atomic E-state index is -0.646. The summed E-state index contributed by atoms with van der Waals surface area (Å²) >= 11 is 0. The summed E-state index contributed by atoms with van der Waals surface area (Å²) in [7, 11) is 0. The molecule has 2 saturated heterocycles. The van der Waals surface area contributed by atoms with Crippen LogP contribution in [0.3, 0.4) is 0 Å². The molecule has 1 atom stereocenters. The van der Waals surface area contributed by atoms with Gasteiger partial charge in [0.05, 0.1) is 17.4 Å². The Morgan fingerprint density at radius 2 is 1.85 bits per heavy atom. The standard InChI is InChI=1S/C30H35N7O4/c1-2-23-28(32-20-10-14-40-15-11-20)35-29(26(34-23)27(31)38)33-21-8-9-24-25(16-21)41-18-22-17-36(12-13-37(22)24)30(39)19-6-4-3-5-7-19/h3-9,16,20,22H,2,10-15,17-18H2,1H3,(H2,31,38)(H2,32,33,35). The Labute approximate surface area is 239 Å². The zero-order valence-electron chi connectivity index (χ0n) is 23.1. The van der Waals surface area contributed by atoms with E-state index in [0.29, 0.717) is 74.5 Å². The van der Waals surface area contributed by atoms with E-state index in [4.69, 9.17) is 20.2 Å². The number of nitrogens with one attached hydrogen (secondary N) is 2. The molecule has 41 heavy (non-hydrogen) atoms. The van der Waals surface area contributed by atoms with E-state index < -0.39 is 5.91 Å². The smallest absolute Gasteiger partial charge is 0.271 e. The fourth-order valence-electron chi connectivity index (χ4n) is 5.66. The molecule has 4 heterocycles. The molecule has 0 saturated carbocycles. The predicted octanol–water partition coefficient (Wildman–Crippen LogP) is 3.20. The number of ether oxygens (including phenoxy) is 2. The summed E-state index contributed by atoms with van der Waals surface area (Å²) in [4.78, 5) is 38.9. The number of fused-ring (bicyclic) bond motifs is 3. The zero-order valence-corrected chi connectivity index (χ0v) is 23.1. The second-order valence-corrected chi connectivity index (χ2v) is 10.5. The number of aromatic nitrogens is 2. The molecule has 2 fully saturated rings. The van der Waals surface area contributed by atoms with Gasteiger partial charge in [0.15, 0.2) is 17.3 Å². The van der Waals surface area contributed by atoms with Crippen molar-refractivity contribution in [1.82, 2.24) is 14.9 Å².